The predicted molar refractivity (Wildman–Crippen MR) is 164 cm³/mol. The number of nitrogens with zero attached hydrogens (tertiary/aromatic N) is 3. The first-order chi connectivity index (χ1) is 19.8. The summed E-state index contributed by atoms with van der Waals surface area (Å²) in [5.74, 6) is 0.156. The van der Waals surface area contributed by atoms with Crippen LogP contribution in [0, 0.1) is 0 Å². The summed E-state index contributed by atoms with van der Waals surface area (Å²) in [5.41, 5.74) is 6.18. The lowest BCUT2D eigenvalue weighted by atomic mass is 9.81. The smallest absolute Gasteiger partial charge is 0.335 e. The van der Waals surface area contributed by atoms with E-state index in [2.05, 4.69) is 27.9 Å². The van der Waals surface area contributed by atoms with Crippen molar-refractivity contribution in [2.75, 3.05) is 54.4 Å². The van der Waals surface area contributed by atoms with Gasteiger partial charge in [-0.15, -0.1) is 0 Å². The molecule has 0 unspecified atom stereocenters. The monoisotopic (exact) mass is 558 g/mol. The number of aromatic carboxylic acids is 1. The maximum Gasteiger partial charge on any atom is 0.335 e. The van der Waals surface area contributed by atoms with Crippen molar-refractivity contribution in [1.82, 2.24) is 19.7 Å². The third-order valence-electron chi connectivity index (χ3n) is 8.72. The fourth-order valence-electron chi connectivity index (χ4n) is 6.39. The van der Waals surface area contributed by atoms with E-state index in [1.54, 1.807) is 24.1 Å². The quantitative estimate of drug-likeness (QED) is 0.361. The fourth-order valence-corrected chi connectivity index (χ4v) is 6.39. The van der Waals surface area contributed by atoms with Gasteiger partial charge in [0.25, 0.3) is 5.91 Å². The first kappa shape index (κ1) is 28.9. The maximum atomic E-state index is 14.0. The zero-order valence-electron chi connectivity index (χ0n) is 24.7. The topological polar surface area (TPSA) is 87.0 Å². The summed E-state index contributed by atoms with van der Waals surface area (Å²) in [6.07, 6.45) is 7.86. The van der Waals surface area contributed by atoms with Gasteiger partial charge in [0.05, 0.1) is 24.9 Å². The average molecular weight is 559 g/mol. The Balaban J connectivity index is 1.63. The summed E-state index contributed by atoms with van der Waals surface area (Å²) in [6.45, 7) is 3.55. The number of hydrogen-bond donors (Lipinski definition) is 2. The molecule has 1 fully saturated rings. The van der Waals surface area contributed by atoms with Crippen LogP contribution in [-0.4, -0.2) is 85.8 Å². The number of carbonyl (C=O) groups is 2. The second kappa shape index (κ2) is 12.5. The molecule has 1 aliphatic heterocycles. The number of carboxylic acids is 1. The largest absolute Gasteiger partial charge is 0.497 e. The average Bonchev–Trinajstić information content (AvgIpc) is 3.20. The minimum atomic E-state index is -0.950. The van der Waals surface area contributed by atoms with Gasteiger partial charge < -0.3 is 29.5 Å². The van der Waals surface area contributed by atoms with E-state index in [4.69, 9.17) is 4.74 Å². The number of methoxy groups -OCH3 is 1. The second-order valence-corrected chi connectivity index (χ2v) is 11.5. The number of carboxylic acid groups (broad SMARTS) is 1. The molecular weight excluding hydrogens is 516 g/mol. The van der Waals surface area contributed by atoms with Crippen LogP contribution in [0.25, 0.3) is 28.2 Å². The highest BCUT2D eigenvalue weighted by Gasteiger charge is 2.31. The number of carbonyl (C=O) groups excluding carboxylic acids is 1. The molecule has 2 aromatic carbocycles. The molecule has 3 aromatic rings. The van der Waals surface area contributed by atoms with Crippen molar-refractivity contribution in [3.8, 4) is 17.0 Å². The van der Waals surface area contributed by atoms with Gasteiger partial charge in [0.2, 0.25) is 0 Å². The Morgan fingerprint density at radius 2 is 1.83 bits per heavy atom. The lowest BCUT2D eigenvalue weighted by Crippen LogP contribution is -2.37. The van der Waals surface area contributed by atoms with E-state index < -0.39 is 5.97 Å². The van der Waals surface area contributed by atoms with Crippen molar-refractivity contribution in [2.45, 2.75) is 44.6 Å². The van der Waals surface area contributed by atoms with E-state index in [1.165, 1.54) is 24.8 Å². The molecule has 5 rings (SSSR count). The molecule has 2 heterocycles. The summed E-state index contributed by atoms with van der Waals surface area (Å²) < 4.78 is 7.78. The third-order valence-corrected chi connectivity index (χ3v) is 8.72. The number of likely N-dealkylation sites (N-methyl/N-ethyl adjacent to an activating group) is 3. The van der Waals surface area contributed by atoms with Crippen molar-refractivity contribution in [1.29, 1.82) is 0 Å². The lowest BCUT2D eigenvalue weighted by molar-refractivity contribution is -0.126. The van der Waals surface area contributed by atoms with Crippen LogP contribution in [0.15, 0.2) is 42.0 Å². The van der Waals surface area contributed by atoms with Crippen molar-refractivity contribution >= 4 is 28.9 Å². The molecule has 41 heavy (non-hydrogen) atoms. The predicted octanol–water partition coefficient (Wildman–Crippen LogP) is 5.07. The van der Waals surface area contributed by atoms with Crippen LogP contribution in [0.5, 0.6) is 5.75 Å². The Bertz CT molecular complexity index is 1470. The van der Waals surface area contributed by atoms with E-state index >= 15 is 0 Å². The molecule has 8 heteroatoms. The zero-order valence-corrected chi connectivity index (χ0v) is 24.7. The Hall–Kier alpha value is -3.62. The molecule has 0 bridgehead atoms. The molecule has 1 saturated carbocycles. The van der Waals surface area contributed by atoms with Gasteiger partial charge in [0.1, 0.15) is 5.75 Å². The van der Waals surface area contributed by atoms with Crippen LogP contribution in [-0.2, 0) is 11.3 Å². The normalized spacial score (nSPS) is 15.3. The molecule has 2 aliphatic rings. The molecule has 8 nitrogen and oxygen atoms in total. The van der Waals surface area contributed by atoms with Crippen LogP contribution in [0.3, 0.4) is 0 Å². The van der Waals surface area contributed by atoms with Gasteiger partial charge in [-0.05, 0) is 80.4 Å². The van der Waals surface area contributed by atoms with Gasteiger partial charge in [-0.2, -0.15) is 0 Å². The SMILES string of the molecule is CNCCN(C)CCN(C)C(=O)C1=Cc2cc(OC)ccc2-c2c(C3CCCCC3)c3ccc(C(=O)O)cc3n2C1. The van der Waals surface area contributed by atoms with Crippen LogP contribution in [0.2, 0.25) is 0 Å². The number of ether oxygens (including phenoxy) is 1. The standard InChI is InChI=1S/C33H42N4O4/c1-34-14-15-35(2)16-17-36(3)32(38)25-18-24-19-26(41-4)11-13-27(24)31-30(22-8-6-5-7-9-22)28-12-10-23(33(39)40)20-29(28)37(31)21-25/h10-13,18-20,22,34H,5-9,14-17,21H2,1-4H3,(H,39,40). The summed E-state index contributed by atoms with van der Waals surface area (Å²) in [6, 6.07) is 11.5. The number of hydrogen-bond acceptors (Lipinski definition) is 5. The van der Waals surface area contributed by atoms with Crippen molar-refractivity contribution < 1.29 is 19.4 Å². The summed E-state index contributed by atoms with van der Waals surface area (Å²) >= 11 is 0. The molecule has 0 atom stereocenters. The molecule has 1 amide bonds. The van der Waals surface area contributed by atoms with Gasteiger partial charge in [-0.25, -0.2) is 4.79 Å². The number of amides is 1. The van der Waals surface area contributed by atoms with Crippen molar-refractivity contribution in [2.24, 2.45) is 0 Å². The molecule has 218 valence electrons. The number of aromatic nitrogens is 1. The Morgan fingerprint density at radius 3 is 2.54 bits per heavy atom. The molecular formula is C33H42N4O4. The Kier molecular flexibility index (Phi) is 8.80. The summed E-state index contributed by atoms with van der Waals surface area (Å²) in [7, 11) is 7.52. The first-order valence-corrected chi connectivity index (χ1v) is 14.7. The van der Waals surface area contributed by atoms with Crippen molar-refractivity contribution in [3.63, 3.8) is 0 Å². The molecule has 0 saturated heterocycles. The van der Waals surface area contributed by atoms with E-state index in [0.29, 0.717) is 24.6 Å². The number of benzene rings is 2. The zero-order chi connectivity index (χ0) is 29.1. The van der Waals surface area contributed by atoms with Crippen molar-refractivity contribution in [3.05, 3.63) is 58.7 Å². The van der Waals surface area contributed by atoms with Crippen LogP contribution < -0.4 is 10.1 Å². The molecule has 1 aliphatic carbocycles. The van der Waals surface area contributed by atoms with E-state index in [9.17, 15) is 14.7 Å². The highest BCUT2D eigenvalue weighted by Crippen LogP contribution is 2.47. The second-order valence-electron chi connectivity index (χ2n) is 11.5. The highest BCUT2D eigenvalue weighted by molar-refractivity contribution is 6.03. The maximum absolute atomic E-state index is 14.0. The molecule has 0 radical (unpaired) electrons. The Labute approximate surface area is 242 Å². The van der Waals surface area contributed by atoms with Gasteiger partial charge in [-0.1, -0.05) is 25.3 Å². The van der Waals surface area contributed by atoms with E-state index in [-0.39, 0.29) is 11.5 Å². The number of rotatable bonds is 10. The molecule has 2 N–H and O–H groups in total. The Morgan fingerprint density at radius 1 is 1.05 bits per heavy atom. The van der Waals surface area contributed by atoms with Gasteiger partial charge in [0, 0.05) is 55.3 Å². The third kappa shape index (κ3) is 5.90. The minimum absolute atomic E-state index is 0.0240. The molecule has 0 spiro atoms. The van der Waals surface area contributed by atoms with Crippen LogP contribution in [0.1, 0.15) is 59.5 Å². The number of fused-ring (bicyclic) bond motifs is 5. The van der Waals surface area contributed by atoms with Crippen LogP contribution >= 0.6 is 0 Å². The van der Waals surface area contributed by atoms with Crippen LogP contribution in [0.4, 0.5) is 0 Å². The van der Waals surface area contributed by atoms with Gasteiger partial charge in [0.15, 0.2) is 0 Å². The summed E-state index contributed by atoms with van der Waals surface area (Å²) in [4.78, 5) is 30.0. The minimum Gasteiger partial charge on any atom is -0.497 e. The first-order valence-electron chi connectivity index (χ1n) is 14.7. The van der Waals surface area contributed by atoms with Gasteiger partial charge >= 0.3 is 5.97 Å². The summed E-state index contributed by atoms with van der Waals surface area (Å²) in [5, 5.41) is 14.1. The fraction of sp³-hybridized carbons (Fsp3) is 0.455. The number of nitrogens with one attached hydrogen (secondary N) is 1. The van der Waals surface area contributed by atoms with Gasteiger partial charge in [-0.3, -0.25) is 4.79 Å². The lowest BCUT2D eigenvalue weighted by Gasteiger charge is -2.24. The van der Waals surface area contributed by atoms with E-state index in [1.807, 2.05) is 38.4 Å². The molecule has 1 aromatic heterocycles. The highest BCUT2D eigenvalue weighted by atomic mass is 16.5. The van der Waals surface area contributed by atoms with E-state index in [0.717, 1.165) is 65.9 Å².